The molecule has 0 saturated carbocycles. The van der Waals surface area contributed by atoms with Crippen molar-refractivity contribution in [1.29, 1.82) is 0 Å². The molecule has 38 heavy (non-hydrogen) atoms. The number of carbonyl (C=O) groups is 2. The van der Waals surface area contributed by atoms with Crippen LogP contribution in [0.5, 0.6) is 0 Å². The van der Waals surface area contributed by atoms with Crippen molar-refractivity contribution >= 4 is 34.1 Å². The zero-order chi connectivity index (χ0) is 26.7. The predicted molar refractivity (Wildman–Crippen MR) is 147 cm³/mol. The van der Waals surface area contributed by atoms with Crippen molar-refractivity contribution in [1.82, 2.24) is 20.4 Å². The molecule has 4 aromatic rings. The molecule has 0 radical (unpaired) electrons. The Labute approximate surface area is 225 Å². The average Bonchev–Trinajstić information content (AvgIpc) is 3.35. The second-order valence-electron chi connectivity index (χ2n) is 8.97. The third-order valence-corrected chi connectivity index (χ3v) is 6.68. The summed E-state index contributed by atoms with van der Waals surface area (Å²) in [5.41, 5.74) is 3.41. The Balaban J connectivity index is 1.15. The van der Waals surface area contributed by atoms with Crippen molar-refractivity contribution in [2.45, 2.75) is 51.6 Å². The lowest BCUT2D eigenvalue weighted by molar-refractivity contribution is -0.116. The lowest BCUT2D eigenvalue weighted by Gasteiger charge is -2.07. The van der Waals surface area contributed by atoms with E-state index in [0.29, 0.717) is 17.4 Å². The summed E-state index contributed by atoms with van der Waals surface area (Å²) in [6.45, 7) is 1.70. The summed E-state index contributed by atoms with van der Waals surface area (Å²) in [6.07, 6.45) is 3.23. The van der Waals surface area contributed by atoms with E-state index in [0.717, 1.165) is 53.1 Å². The first-order valence-corrected chi connectivity index (χ1v) is 13.3. The molecule has 0 aliphatic carbocycles. The number of aliphatic hydroxyl groups excluding tert-OH is 1. The van der Waals surface area contributed by atoms with Gasteiger partial charge in [0.15, 0.2) is 5.82 Å². The number of aliphatic hydroxyl groups is 1. The van der Waals surface area contributed by atoms with Gasteiger partial charge in [-0.1, -0.05) is 65.9 Å². The highest BCUT2D eigenvalue weighted by Crippen LogP contribution is 2.19. The van der Waals surface area contributed by atoms with Crippen LogP contribution in [-0.2, 0) is 35.3 Å². The van der Waals surface area contributed by atoms with E-state index in [4.69, 9.17) is 0 Å². The van der Waals surface area contributed by atoms with E-state index in [1.54, 1.807) is 13.0 Å². The van der Waals surface area contributed by atoms with Crippen LogP contribution in [0.15, 0.2) is 66.7 Å². The molecule has 0 fully saturated rings. The largest absolute Gasteiger partial charge is 0.389 e. The average molecular weight is 531 g/mol. The van der Waals surface area contributed by atoms with Crippen LogP contribution >= 0.6 is 11.3 Å². The Kier molecular flexibility index (Phi) is 9.60. The number of anilines is 2. The van der Waals surface area contributed by atoms with E-state index < -0.39 is 6.10 Å². The van der Waals surface area contributed by atoms with Crippen LogP contribution in [0.1, 0.15) is 53.3 Å². The van der Waals surface area contributed by atoms with Crippen molar-refractivity contribution in [3.63, 3.8) is 0 Å². The Bertz CT molecular complexity index is 1340. The minimum atomic E-state index is -0.576. The van der Waals surface area contributed by atoms with Gasteiger partial charge in [-0.15, -0.1) is 15.3 Å². The van der Waals surface area contributed by atoms with Gasteiger partial charge in [0.2, 0.25) is 16.9 Å². The SMILES string of the molecule is CC(O)c1cccc(CC(=O)Nc2nnc(CCCCc3ccc(NC(=O)Cc4ccccc4)nn3)s2)c1. The molecule has 2 aromatic heterocycles. The number of amides is 2. The van der Waals surface area contributed by atoms with Crippen LogP contribution in [0.3, 0.4) is 0 Å². The number of nitrogens with zero attached hydrogens (tertiary/aromatic N) is 4. The van der Waals surface area contributed by atoms with Crippen LogP contribution in [0.4, 0.5) is 10.9 Å². The fraction of sp³-hybridized carbons (Fsp3) is 0.286. The second kappa shape index (κ2) is 13.5. The lowest BCUT2D eigenvalue weighted by atomic mass is 10.0. The molecule has 0 aliphatic heterocycles. The van der Waals surface area contributed by atoms with Crippen LogP contribution < -0.4 is 10.6 Å². The Morgan fingerprint density at radius 3 is 2.32 bits per heavy atom. The topological polar surface area (TPSA) is 130 Å². The standard InChI is InChI=1S/C28H30N6O3S/c1-19(35)22-11-7-10-21(16-22)18-26(37)30-28-34-33-27(38-28)13-6-5-12-23-14-15-24(32-31-23)29-25(36)17-20-8-3-2-4-9-20/h2-4,7-11,14-16,19,35H,5-6,12-13,17-18H2,1H3,(H,29,32,36)(H,30,34,37). The minimum Gasteiger partial charge on any atom is -0.389 e. The number of carbonyl (C=O) groups excluding carboxylic acids is 2. The summed E-state index contributed by atoms with van der Waals surface area (Å²) >= 11 is 1.37. The van der Waals surface area contributed by atoms with Gasteiger partial charge in [0.1, 0.15) is 5.01 Å². The summed E-state index contributed by atoms with van der Waals surface area (Å²) in [6, 6.07) is 20.5. The van der Waals surface area contributed by atoms with E-state index in [1.165, 1.54) is 11.3 Å². The van der Waals surface area contributed by atoms with Gasteiger partial charge >= 0.3 is 0 Å². The van der Waals surface area contributed by atoms with Gasteiger partial charge in [-0.25, -0.2) is 0 Å². The van der Waals surface area contributed by atoms with Gasteiger partial charge in [-0.05, 0) is 55.0 Å². The zero-order valence-corrected chi connectivity index (χ0v) is 21.9. The summed E-state index contributed by atoms with van der Waals surface area (Å²) in [7, 11) is 0. The van der Waals surface area contributed by atoms with Crippen molar-refractivity contribution in [3.8, 4) is 0 Å². The number of unbranched alkanes of at least 4 members (excludes halogenated alkanes) is 1. The van der Waals surface area contributed by atoms with Gasteiger partial charge in [-0.3, -0.25) is 9.59 Å². The van der Waals surface area contributed by atoms with E-state index in [1.807, 2.05) is 60.7 Å². The quantitative estimate of drug-likeness (QED) is 0.233. The number of hydrogen-bond acceptors (Lipinski definition) is 8. The molecular weight excluding hydrogens is 500 g/mol. The predicted octanol–water partition coefficient (Wildman–Crippen LogP) is 4.31. The first-order chi connectivity index (χ1) is 18.4. The number of benzene rings is 2. The molecule has 2 heterocycles. The van der Waals surface area contributed by atoms with Gasteiger partial charge in [0.05, 0.1) is 24.6 Å². The highest BCUT2D eigenvalue weighted by atomic mass is 32.1. The first kappa shape index (κ1) is 27.0. The lowest BCUT2D eigenvalue weighted by Crippen LogP contribution is -2.15. The van der Waals surface area contributed by atoms with E-state index in [9.17, 15) is 14.7 Å². The van der Waals surface area contributed by atoms with Crippen molar-refractivity contribution in [2.24, 2.45) is 0 Å². The van der Waals surface area contributed by atoms with Crippen LogP contribution in [-0.4, -0.2) is 37.3 Å². The van der Waals surface area contributed by atoms with Crippen LogP contribution in [0.2, 0.25) is 0 Å². The number of hydrogen-bond donors (Lipinski definition) is 3. The molecule has 0 saturated heterocycles. The molecule has 2 amide bonds. The van der Waals surface area contributed by atoms with Gasteiger partial charge in [0.25, 0.3) is 0 Å². The smallest absolute Gasteiger partial charge is 0.230 e. The molecular formula is C28H30N6O3S. The number of aromatic nitrogens is 4. The van der Waals surface area contributed by atoms with Crippen LogP contribution in [0, 0.1) is 0 Å². The molecule has 0 bridgehead atoms. The number of rotatable bonds is 12. The molecule has 0 spiro atoms. The number of nitrogens with one attached hydrogen (secondary N) is 2. The zero-order valence-electron chi connectivity index (χ0n) is 21.1. The Hall–Kier alpha value is -4.02. The Morgan fingerprint density at radius 2 is 1.55 bits per heavy atom. The third-order valence-electron chi connectivity index (χ3n) is 5.78. The maximum absolute atomic E-state index is 12.4. The van der Waals surface area contributed by atoms with Crippen molar-refractivity contribution < 1.29 is 14.7 Å². The van der Waals surface area contributed by atoms with E-state index >= 15 is 0 Å². The summed E-state index contributed by atoms with van der Waals surface area (Å²) in [5.74, 6) is 0.138. The van der Waals surface area contributed by atoms with Crippen molar-refractivity contribution in [2.75, 3.05) is 10.6 Å². The third kappa shape index (κ3) is 8.53. The maximum atomic E-state index is 12.4. The van der Waals surface area contributed by atoms with Gasteiger partial charge < -0.3 is 15.7 Å². The Morgan fingerprint density at radius 1 is 0.816 bits per heavy atom. The molecule has 10 heteroatoms. The molecule has 1 unspecified atom stereocenters. The highest BCUT2D eigenvalue weighted by molar-refractivity contribution is 7.15. The summed E-state index contributed by atoms with van der Waals surface area (Å²) in [4.78, 5) is 24.6. The fourth-order valence-corrected chi connectivity index (χ4v) is 4.63. The maximum Gasteiger partial charge on any atom is 0.230 e. The first-order valence-electron chi connectivity index (χ1n) is 12.5. The van der Waals surface area contributed by atoms with E-state index in [-0.39, 0.29) is 18.2 Å². The molecule has 3 N–H and O–H groups in total. The number of aryl methyl sites for hydroxylation is 2. The summed E-state index contributed by atoms with van der Waals surface area (Å²) in [5, 5.41) is 33.2. The van der Waals surface area contributed by atoms with Crippen molar-refractivity contribution in [3.05, 3.63) is 94.1 Å². The molecule has 1 atom stereocenters. The summed E-state index contributed by atoms with van der Waals surface area (Å²) < 4.78 is 0. The minimum absolute atomic E-state index is 0.128. The molecule has 4 rings (SSSR count). The molecule has 196 valence electrons. The second-order valence-corrected chi connectivity index (χ2v) is 10.0. The van der Waals surface area contributed by atoms with Gasteiger partial charge in [0, 0.05) is 6.42 Å². The van der Waals surface area contributed by atoms with E-state index in [2.05, 4.69) is 31.0 Å². The normalized spacial score (nSPS) is 11.6. The highest BCUT2D eigenvalue weighted by Gasteiger charge is 2.11. The molecule has 2 aromatic carbocycles. The molecule has 0 aliphatic rings. The fourth-order valence-electron chi connectivity index (χ4n) is 3.83. The monoisotopic (exact) mass is 530 g/mol. The van der Waals surface area contributed by atoms with Gasteiger partial charge in [-0.2, -0.15) is 5.10 Å². The van der Waals surface area contributed by atoms with Crippen LogP contribution in [0.25, 0.3) is 0 Å². The molecule has 9 nitrogen and oxygen atoms in total.